The Balaban J connectivity index is 1.84. The zero-order valence-corrected chi connectivity index (χ0v) is 17.9. The van der Waals surface area contributed by atoms with E-state index in [1.807, 2.05) is 0 Å². The Bertz CT molecular complexity index is 644. The van der Waals surface area contributed by atoms with E-state index in [0.29, 0.717) is 12.8 Å². The standard InChI is InChI=1S/C19H26Cl2N2O6/c1-9(7-20)5-11-13(26-17(24)22-11)15-16(29-19(3,4)28-15)14-12(6-10(2)8-21)23-18(25)27-14/h11-16H,1-2,5-8H2,3-4H3,(H,22,24)(H,23,25)/t11-,12-,13+,14+,15+,16+/m0/s1. The molecular formula is C19H26Cl2N2O6. The highest BCUT2D eigenvalue weighted by Gasteiger charge is 2.57. The molecule has 0 aliphatic carbocycles. The summed E-state index contributed by atoms with van der Waals surface area (Å²) in [7, 11) is 0. The first-order valence-corrected chi connectivity index (χ1v) is 10.5. The molecule has 3 fully saturated rings. The molecule has 162 valence electrons. The smallest absolute Gasteiger partial charge is 0.407 e. The van der Waals surface area contributed by atoms with Crippen LogP contribution in [-0.2, 0) is 18.9 Å². The fourth-order valence-corrected chi connectivity index (χ4v) is 4.15. The molecule has 2 N–H and O–H groups in total. The Morgan fingerprint density at radius 2 is 1.24 bits per heavy atom. The topological polar surface area (TPSA) is 95.1 Å². The summed E-state index contributed by atoms with van der Waals surface area (Å²) < 4.78 is 23.2. The van der Waals surface area contributed by atoms with Gasteiger partial charge in [-0.05, 0) is 26.7 Å². The Morgan fingerprint density at radius 1 is 0.862 bits per heavy atom. The number of nitrogens with one attached hydrogen (secondary N) is 2. The maximum atomic E-state index is 12.0. The lowest BCUT2D eigenvalue weighted by Gasteiger charge is -2.29. The van der Waals surface area contributed by atoms with Crippen molar-refractivity contribution in [3.63, 3.8) is 0 Å². The van der Waals surface area contributed by atoms with E-state index in [2.05, 4.69) is 23.8 Å². The summed E-state index contributed by atoms with van der Waals surface area (Å²) in [6.45, 7) is 11.3. The number of alkyl halides is 2. The largest absolute Gasteiger partial charge is 0.441 e. The van der Waals surface area contributed by atoms with Gasteiger partial charge in [-0.3, -0.25) is 0 Å². The van der Waals surface area contributed by atoms with Gasteiger partial charge in [-0.1, -0.05) is 24.3 Å². The van der Waals surface area contributed by atoms with Gasteiger partial charge in [-0.15, -0.1) is 23.2 Å². The van der Waals surface area contributed by atoms with Crippen molar-refractivity contribution in [2.24, 2.45) is 0 Å². The van der Waals surface area contributed by atoms with E-state index in [1.165, 1.54) is 0 Å². The predicted molar refractivity (Wildman–Crippen MR) is 107 cm³/mol. The Morgan fingerprint density at radius 3 is 1.59 bits per heavy atom. The predicted octanol–water partition coefficient (Wildman–Crippen LogP) is 2.83. The maximum Gasteiger partial charge on any atom is 0.407 e. The number of halogens is 2. The lowest BCUT2D eigenvalue weighted by molar-refractivity contribution is -0.159. The molecule has 10 heteroatoms. The van der Waals surface area contributed by atoms with Crippen LogP contribution in [0, 0.1) is 0 Å². The monoisotopic (exact) mass is 448 g/mol. The molecular weight excluding hydrogens is 423 g/mol. The van der Waals surface area contributed by atoms with Gasteiger partial charge in [0.05, 0.1) is 12.1 Å². The molecule has 0 saturated carbocycles. The van der Waals surface area contributed by atoms with Gasteiger partial charge in [0.15, 0.2) is 18.0 Å². The number of carbonyl (C=O) groups excluding carboxylic acids is 2. The van der Waals surface area contributed by atoms with Gasteiger partial charge in [-0.2, -0.15) is 0 Å². The second kappa shape index (κ2) is 8.71. The van der Waals surface area contributed by atoms with Gasteiger partial charge in [0.1, 0.15) is 12.2 Å². The van der Waals surface area contributed by atoms with Crippen LogP contribution in [0.3, 0.4) is 0 Å². The zero-order chi connectivity index (χ0) is 21.3. The SMILES string of the molecule is C=C(CCl)C[C@@H]1NC(=O)O[C@H]1[C@H]1OC(C)(C)O[C@@H]1[C@@H]1OC(=O)N[C@H]1CC(=C)CCl. The Labute approximate surface area is 179 Å². The summed E-state index contributed by atoms with van der Waals surface area (Å²) >= 11 is 11.7. The molecule has 0 radical (unpaired) electrons. The van der Waals surface area contributed by atoms with E-state index in [9.17, 15) is 9.59 Å². The number of alkyl carbamates (subject to hydrolysis) is 2. The average molecular weight is 449 g/mol. The van der Waals surface area contributed by atoms with Crippen molar-refractivity contribution in [3.05, 3.63) is 24.3 Å². The molecule has 0 spiro atoms. The first-order valence-electron chi connectivity index (χ1n) is 9.38. The number of rotatable bonds is 8. The molecule has 29 heavy (non-hydrogen) atoms. The second-order valence-electron chi connectivity index (χ2n) is 7.98. The molecule has 0 unspecified atom stereocenters. The van der Waals surface area contributed by atoms with Crippen LogP contribution >= 0.6 is 23.2 Å². The van der Waals surface area contributed by atoms with Crippen LogP contribution in [0.4, 0.5) is 9.59 Å². The van der Waals surface area contributed by atoms with E-state index in [0.717, 1.165) is 11.1 Å². The quantitative estimate of drug-likeness (QED) is 0.437. The second-order valence-corrected chi connectivity index (χ2v) is 8.52. The third kappa shape index (κ3) is 4.99. The molecule has 3 rings (SSSR count). The van der Waals surface area contributed by atoms with Crippen LogP contribution in [0.25, 0.3) is 0 Å². The van der Waals surface area contributed by atoms with Crippen LogP contribution in [0.15, 0.2) is 24.3 Å². The fraction of sp³-hybridized carbons (Fsp3) is 0.684. The van der Waals surface area contributed by atoms with Gasteiger partial charge in [-0.25, -0.2) is 9.59 Å². The van der Waals surface area contributed by atoms with Crippen molar-refractivity contribution >= 4 is 35.4 Å². The van der Waals surface area contributed by atoms with E-state index in [4.69, 9.17) is 42.1 Å². The molecule has 2 amide bonds. The summed E-state index contributed by atoms with van der Waals surface area (Å²) in [5, 5.41) is 5.55. The fourth-order valence-electron chi connectivity index (χ4n) is 3.93. The summed E-state index contributed by atoms with van der Waals surface area (Å²) in [4.78, 5) is 23.9. The van der Waals surface area contributed by atoms with Crippen molar-refractivity contribution in [2.75, 3.05) is 11.8 Å². The summed E-state index contributed by atoms with van der Waals surface area (Å²) in [6.07, 6.45) is -2.89. The summed E-state index contributed by atoms with van der Waals surface area (Å²) in [6, 6.07) is -0.778. The highest BCUT2D eigenvalue weighted by atomic mass is 35.5. The summed E-state index contributed by atoms with van der Waals surface area (Å²) in [5.74, 6) is -0.424. The highest BCUT2D eigenvalue weighted by Crippen LogP contribution is 2.38. The van der Waals surface area contributed by atoms with Crippen molar-refractivity contribution in [1.29, 1.82) is 0 Å². The zero-order valence-electron chi connectivity index (χ0n) is 16.4. The number of hydrogen-bond acceptors (Lipinski definition) is 6. The van der Waals surface area contributed by atoms with Gasteiger partial charge in [0, 0.05) is 11.8 Å². The number of cyclic esters (lactones) is 2. The van der Waals surface area contributed by atoms with Gasteiger partial charge >= 0.3 is 12.2 Å². The first-order chi connectivity index (χ1) is 13.6. The molecule has 3 aliphatic heterocycles. The van der Waals surface area contributed by atoms with Crippen LogP contribution in [0.5, 0.6) is 0 Å². The lowest BCUT2D eigenvalue weighted by Crippen LogP contribution is -2.51. The van der Waals surface area contributed by atoms with Gasteiger partial charge < -0.3 is 29.6 Å². The van der Waals surface area contributed by atoms with E-state index in [1.54, 1.807) is 13.8 Å². The number of carbonyl (C=O) groups is 2. The van der Waals surface area contributed by atoms with E-state index >= 15 is 0 Å². The molecule has 0 aromatic rings. The van der Waals surface area contributed by atoms with Crippen LogP contribution in [0.1, 0.15) is 26.7 Å². The van der Waals surface area contributed by atoms with Crippen LogP contribution in [0.2, 0.25) is 0 Å². The lowest BCUT2D eigenvalue weighted by atomic mass is 9.91. The molecule has 0 bridgehead atoms. The number of amides is 2. The van der Waals surface area contributed by atoms with E-state index < -0.39 is 42.4 Å². The minimum absolute atomic E-state index is 0.267. The van der Waals surface area contributed by atoms with Crippen molar-refractivity contribution in [2.45, 2.75) is 69.0 Å². The van der Waals surface area contributed by atoms with Crippen molar-refractivity contribution in [1.82, 2.24) is 10.6 Å². The third-order valence-corrected chi connectivity index (χ3v) is 5.85. The summed E-state index contributed by atoms with van der Waals surface area (Å²) in [5.41, 5.74) is 1.51. The Kier molecular flexibility index (Phi) is 6.67. The number of hydrogen-bond donors (Lipinski definition) is 2. The average Bonchev–Trinajstić information content (AvgIpc) is 3.29. The molecule has 3 heterocycles. The molecule has 6 atom stereocenters. The van der Waals surface area contributed by atoms with Gasteiger partial charge in [0.25, 0.3) is 0 Å². The van der Waals surface area contributed by atoms with E-state index in [-0.39, 0.29) is 23.8 Å². The molecule has 0 aromatic carbocycles. The number of ether oxygens (including phenoxy) is 4. The molecule has 8 nitrogen and oxygen atoms in total. The minimum Gasteiger partial charge on any atom is -0.441 e. The molecule has 0 aromatic heterocycles. The molecule has 3 aliphatic rings. The van der Waals surface area contributed by atoms with Crippen LogP contribution < -0.4 is 10.6 Å². The third-order valence-electron chi connectivity index (χ3n) is 5.09. The Hall–Kier alpha value is -1.48. The normalized spacial score (nSPS) is 35.6. The van der Waals surface area contributed by atoms with Crippen molar-refractivity contribution < 1.29 is 28.5 Å². The maximum absolute atomic E-state index is 12.0. The minimum atomic E-state index is -0.957. The first kappa shape index (κ1) is 22.2. The van der Waals surface area contributed by atoms with Gasteiger partial charge in [0.2, 0.25) is 0 Å². The van der Waals surface area contributed by atoms with Crippen molar-refractivity contribution in [3.8, 4) is 0 Å². The molecule has 3 saturated heterocycles. The highest BCUT2D eigenvalue weighted by molar-refractivity contribution is 6.19. The van der Waals surface area contributed by atoms with Crippen LogP contribution in [-0.4, -0.2) is 66.2 Å².